The number of rotatable bonds is 5. The van der Waals surface area contributed by atoms with E-state index in [0.717, 1.165) is 26.1 Å². The molecule has 1 aliphatic rings. The lowest BCUT2D eigenvalue weighted by Gasteiger charge is -2.38. The molecule has 1 fully saturated rings. The summed E-state index contributed by atoms with van der Waals surface area (Å²) >= 11 is 0. The summed E-state index contributed by atoms with van der Waals surface area (Å²) < 4.78 is 0. The monoisotopic (exact) mass is 296 g/mol. The third-order valence-corrected chi connectivity index (χ3v) is 4.22. The first kappa shape index (κ1) is 15.2. The van der Waals surface area contributed by atoms with Crippen LogP contribution in [0, 0.1) is 0 Å². The molecule has 0 aliphatic carbocycles. The van der Waals surface area contributed by atoms with E-state index in [4.69, 9.17) is 0 Å². The van der Waals surface area contributed by atoms with Crippen molar-refractivity contribution in [2.75, 3.05) is 19.7 Å². The first-order valence-electron chi connectivity index (χ1n) is 8.00. The molecule has 1 heterocycles. The summed E-state index contributed by atoms with van der Waals surface area (Å²) in [6.07, 6.45) is 1.00. The molecular formula is C19H24N2O. The lowest BCUT2D eigenvalue weighted by molar-refractivity contribution is 0.114. The van der Waals surface area contributed by atoms with Crippen LogP contribution < -0.4 is 5.32 Å². The second-order valence-electron chi connectivity index (χ2n) is 6.11. The Morgan fingerprint density at radius 2 is 1.45 bits per heavy atom. The Bertz CT molecular complexity index is 509. The fourth-order valence-corrected chi connectivity index (χ4v) is 3.24. The summed E-state index contributed by atoms with van der Waals surface area (Å²) in [6, 6.07) is 21.7. The van der Waals surface area contributed by atoms with Crippen LogP contribution in [0.25, 0.3) is 0 Å². The van der Waals surface area contributed by atoms with Crippen LogP contribution in [0.1, 0.15) is 11.1 Å². The normalized spacial score (nSPS) is 22.6. The zero-order chi connectivity index (χ0) is 15.2. The molecule has 3 heteroatoms. The Morgan fingerprint density at radius 3 is 2.09 bits per heavy atom. The summed E-state index contributed by atoms with van der Waals surface area (Å²) in [5.74, 6) is 0. The molecule has 3 rings (SSSR count). The molecule has 0 aromatic heterocycles. The van der Waals surface area contributed by atoms with Crippen molar-refractivity contribution in [2.45, 2.75) is 25.0 Å². The van der Waals surface area contributed by atoms with E-state index in [1.54, 1.807) is 0 Å². The molecule has 2 N–H and O–H groups in total. The average Bonchev–Trinajstić information content (AvgIpc) is 2.56. The highest BCUT2D eigenvalue weighted by Crippen LogP contribution is 2.13. The van der Waals surface area contributed by atoms with Crippen molar-refractivity contribution in [3.8, 4) is 0 Å². The van der Waals surface area contributed by atoms with Gasteiger partial charge >= 0.3 is 0 Å². The van der Waals surface area contributed by atoms with E-state index in [-0.39, 0.29) is 12.6 Å². The molecule has 0 spiro atoms. The van der Waals surface area contributed by atoms with E-state index < -0.39 is 0 Å². The van der Waals surface area contributed by atoms with E-state index in [1.807, 2.05) is 0 Å². The summed E-state index contributed by atoms with van der Waals surface area (Å²) in [4.78, 5) is 2.44. The molecule has 2 aromatic rings. The van der Waals surface area contributed by atoms with Gasteiger partial charge in [-0.05, 0) is 17.5 Å². The molecular weight excluding hydrogens is 272 g/mol. The van der Waals surface area contributed by atoms with E-state index >= 15 is 0 Å². The smallest absolute Gasteiger partial charge is 0.0597 e. The van der Waals surface area contributed by atoms with E-state index in [9.17, 15) is 5.11 Å². The van der Waals surface area contributed by atoms with Crippen molar-refractivity contribution in [3.63, 3.8) is 0 Å². The Balaban J connectivity index is 1.64. The number of piperazine rings is 1. The standard InChI is InChI=1S/C19H24N2O/c22-15-19-14-21(12-17-9-5-2-6-10-17)13-18(20-19)11-16-7-3-1-4-8-16/h1-10,18-20,22H,11-15H2/t18-,19+/m1/s1. The molecule has 0 amide bonds. The zero-order valence-corrected chi connectivity index (χ0v) is 12.9. The van der Waals surface area contributed by atoms with Crippen LogP contribution in [0.15, 0.2) is 60.7 Å². The van der Waals surface area contributed by atoms with Crippen LogP contribution in [-0.2, 0) is 13.0 Å². The first-order chi connectivity index (χ1) is 10.8. The summed E-state index contributed by atoms with van der Waals surface area (Å²) in [5.41, 5.74) is 2.68. The zero-order valence-electron chi connectivity index (χ0n) is 12.9. The first-order valence-corrected chi connectivity index (χ1v) is 8.00. The second-order valence-corrected chi connectivity index (χ2v) is 6.11. The Hall–Kier alpha value is -1.68. The van der Waals surface area contributed by atoms with E-state index in [2.05, 4.69) is 70.9 Å². The van der Waals surface area contributed by atoms with Crippen molar-refractivity contribution >= 4 is 0 Å². The Labute approximate surface area is 132 Å². The van der Waals surface area contributed by atoms with E-state index in [1.165, 1.54) is 11.1 Å². The number of hydrogen-bond acceptors (Lipinski definition) is 3. The second kappa shape index (κ2) is 7.54. The van der Waals surface area contributed by atoms with Crippen molar-refractivity contribution in [3.05, 3.63) is 71.8 Å². The van der Waals surface area contributed by atoms with Gasteiger partial charge in [0.2, 0.25) is 0 Å². The molecule has 3 nitrogen and oxygen atoms in total. The molecule has 2 aromatic carbocycles. The molecule has 22 heavy (non-hydrogen) atoms. The van der Waals surface area contributed by atoms with Gasteiger partial charge in [-0.2, -0.15) is 0 Å². The SMILES string of the molecule is OC[C@@H]1CN(Cc2ccccc2)C[C@@H](Cc2ccccc2)N1. The van der Waals surface area contributed by atoms with Gasteiger partial charge in [0.1, 0.15) is 0 Å². The fourth-order valence-electron chi connectivity index (χ4n) is 3.24. The van der Waals surface area contributed by atoms with Crippen LogP contribution in [-0.4, -0.2) is 41.8 Å². The number of nitrogens with one attached hydrogen (secondary N) is 1. The van der Waals surface area contributed by atoms with E-state index in [0.29, 0.717) is 6.04 Å². The van der Waals surface area contributed by atoms with Gasteiger partial charge in [-0.25, -0.2) is 0 Å². The topological polar surface area (TPSA) is 35.5 Å². The van der Waals surface area contributed by atoms with Crippen LogP contribution in [0.4, 0.5) is 0 Å². The predicted octanol–water partition coefficient (Wildman–Crippen LogP) is 2.06. The molecule has 0 saturated carbocycles. The van der Waals surface area contributed by atoms with Gasteiger partial charge in [0, 0.05) is 31.7 Å². The highest BCUT2D eigenvalue weighted by Gasteiger charge is 2.26. The Morgan fingerprint density at radius 1 is 0.864 bits per heavy atom. The summed E-state index contributed by atoms with van der Waals surface area (Å²) in [5, 5.41) is 13.1. The van der Waals surface area contributed by atoms with Crippen molar-refractivity contribution in [1.82, 2.24) is 10.2 Å². The van der Waals surface area contributed by atoms with Crippen LogP contribution in [0.2, 0.25) is 0 Å². The number of nitrogens with zero attached hydrogens (tertiary/aromatic N) is 1. The maximum atomic E-state index is 9.57. The minimum Gasteiger partial charge on any atom is -0.395 e. The number of hydrogen-bond donors (Lipinski definition) is 2. The van der Waals surface area contributed by atoms with Crippen LogP contribution in [0.5, 0.6) is 0 Å². The lowest BCUT2D eigenvalue weighted by Crippen LogP contribution is -2.58. The van der Waals surface area contributed by atoms with Gasteiger partial charge in [-0.1, -0.05) is 60.7 Å². The molecule has 2 atom stereocenters. The van der Waals surface area contributed by atoms with Gasteiger partial charge in [0.05, 0.1) is 6.61 Å². The quantitative estimate of drug-likeness (QED) is 0.886. The van der Waals surface area contributed by atoms with Gasteiger partial charge in [0.15, 0.2) is 0 Å². The highest BCUT2D eigenvalue weighted by molar-refractivity contribution is 5.17. The number of aliphatic hydroxyl groups is 1. The third kappa shape index (κ3) is 4.17. The molecule has 0 unspecified atom stereocenters. The predicted molar refractivity (Wildman–Crippen MR) is 89.7 cm³/mol. The molecule has 0 bridgehead atoms. The van der Waals surface area contributed by atoms with Crippen molar-refractivity contribution in [1.29, 1.82) is 0 Å². The number of benzene rings is 2. The summed E-state index contributed by atoms with van der Waals surface area (Å²) in [7, 11) is 0. The van der Waals surface area contributed by atoms with Crippen molar-refractivity contribution < 1.29 is 5.11 Å². The largest absolute Gasteiger partial charge is 0.395 e. The fraction of sp³-hybridized carbons (Fsp3) is 0.368. The molecule has 1 saturated heterocycles. The maximum Gasteiger partial charge on any atom is 0.0597 e. The molecule has 116 valence electrons. The minimum atomic E-state index is 0.158. The highest BCUT2D eigenvalue weighted by atomic mass is 16.3. The van der Waals surface area contributed by atoms with Gasteiger partial charge in [-0.15, -0.1) is 0 Å². The van der Waals surface area contributed by atoms with Crippen LogP contribution >= 0.6 is 0 Å². The van der Waals surface area contributed by atoms with Gasteiger partial charge < -0.3 is 10.4 Å². The maximum absolute atomic E-state index is 9.57. The van der Waals surface area contributed by atoms with Crippen molar-refractivity contribution in [2.24, 2.45) is 0 Å². The number of aliphatic hydroxyl groups excluding tert-OH is 1. The summed E-state index contributed by atoms with van der Waals surface area (Å²) in [6.45, 7) is 3.05. The minimum absolute atomic E-state index is 0.158. The van der Waals surface area contributed by atoms with Gasteiger partial charge in [-0.3, -0.25) is 4.90 Å². The molecule has 0 radical (unpaired) electrons. The lowest BCUT2D eigenvalue weighted by atomic mass is 10.0. The third-order valence-electron chi connectivity index (χ3n) is 4.22. The van der Waals surface area contributed by atoms with Gasteiger partial charge in [0.25, 0.3) is 0 Å². The molecule has 1 aliphatic heterocycles. The average molecular weight is 296 g/mol. The Kier molecular flexibility index (Phi) is 5.22. The van der Waals surface area contributed by atoms with Crippen LogP contribution in [0.3, 0.4) is 0 Å².